The van der Waals surface area contributed by atoms with E-state index in [-0.39, 0.29) is 19.1 Å². The number of nitrogens with zero attached hydrogens (tertiary/aromatic N) is 1. The number of halogens is 1. The third-order valence-corrected chi connectivity index (χ3v) is 3.49. The van der Waals surface area contributed by atoms with Gasteiger partial charge in [0.25, 0.3) is 0 Å². The van der Waals surface area contributed by atoms with E-state index >= 15 is 0 Å². The van der Waals surface area contributed by atoms with E-state index in [0.717, 1.165) is 15.0 Å². The summed E-state index contributed by atoms with van der Waals surface area (Å²) in [6.45, 7) is 0.346. The minimum atomic E-state index is -0.713. The van der Waals surface area contributed by atoms with Gasteiger partial charge in [-0.1, -0.05) is 18.2 Å². The Morgan fingerprint density at radius 3 is 2.55 bits per heavy atom. The molecule has 0 saturated carbocycles. The highest BCUT2D eigenvalue weighted by Gasteiger charge is 2.05. The van der Waals surface area contributed by atoms with Crippen molar-refractivity contribution in [1.82, 2.24) is 0 Å². The van der Waals surface area contributed by atoms with Gasteiger partial charge in [0, 0.05) is 9.26 Å². The number of nitrogens with one attached hydrogen (secondary N) is 1. The molecule has 5 nitrogen and oxygen atoms in total. The highest BCUT2D eigenvalue weighted by atomic mass is 127. The van der Waals surface area contributed by atoms with Crippen molar-refractivity contribution in [2.45, 2.75) is 6.10 Å². The maximum atomic E-state index is 9.86. The summed E-state index contributed by atoms with van der Waals surface area (Å²) in [5.74, 6) is 0.985. The van der Waals surface area contributed by atoms with Gasteiger partial charge in [-0.05, 0) is 59.0 Å². The Morgan fingerprint density at radius 1 is 1.18 bits per heavy atom. The number of hydrogen-bond acceptors (Lipinski definition) is 3. The molecule has 0 aliphatic carbocycles. The normalized spacial score (nSPS) is 12.7. The van der Waals surface area contributed by atoms with Gasteiger partial charge in [-0.3, -0.25) is 4.99 Å². The van der Waals surface area contributed by atoms with E-state index in [0.29, 0.717) is 0 Å². The molecule has 0 heterocycles. The zero-order chi connectivity index (χ0) is 15.8. The van der Waals surface area contributed by atoms with Crippen LogP contribution in [0.5, 0.6) is 5.75 Å². The third-order valence-electron chi connectivity index (χ3n) is 2.77. The van der Waals surface area contributed by atoms with Crippen LogP contribution in [0.1, 0.15) is 0 Å². The summed E-state index contributed by atoms with van der Waals surface area (Å²) in [5.41, 5.74) is 6.62. The Kier molecular flexibility index (Phi) is 6.47. The summed E-state index contributed by atoms with van der Waals surface area (Å²) in [6, 6.07) is 17.1. The molecule has 0 aliphatic rings. The van der Waals surface area contributed by atoms with Crippen LogP contribution in [-0.2, 0) is 0 Å². The molecule has 6 heteroatoms. The maximum absolute atomic E-state index is 9.86. The monoisotopic (exact) mass is 411 g/mol. The number of nitrogens with two attached hydrogens (primary N) is 1. The van der Waals surface area contributed by atoms with Gasteiger partial charge >= 0.3 is 0 Å². The number of hydrogen-bond donors (Lipinski definition) is 3. The van der Waals surface area contributed by atoms with E-state index < -0.39 is 6.10 Å². The van der Waals surface area contributed by atoms with E-state index in [1.54, 1.807) is 0 Å². The number of para-hydroxylation sites is 1. The zero-order valence-corrected chi connectivity index (χ0v) is 14.1. The van der Waals surface area contributed by atoms with Crippen LogP contribution in [0.25, 0.3) is 0 Å². The van der Waals surface area contributed by atoms with Crippen molar-refractivity contribution in [2.75, 3.05) is 18.5 Å². The molecule has 0 saturated heterocycles. The number of guanidine groups is 1. The summed E-state index contributed by atoms with van der Waals surface area (Å²) in [6.07, 6.45) is -0.713. The molecule has 0 amide bonds. The summed E-state index contributed by atoms with van der Waals surface area (Å²) in [7, 11) is 0. The van der Waals surface area contributed by atoms with Crippen molar-refractivity contribution in [3.05, 3.63) is 58.2 Å². The van der Waals surface area contributed by atoms with Crippen LogP contribution < -0.4 is 15.8 Å². The van der Waals surface area contributed by atoms with Crippen molar-refractivity contribution in [1.29, 1.82) is 0 Å². The fraction of sp³-hybridized carbons (Fsp3) is 0.188. The summed E-state index contributed by atoms with van der Waals surface area (Å²) in [5, 5.41) is 12.8. The Hall–Kier alpha value is -1.80. The number of aliphatic hydroxyl groups excluding tert-OH is 1. The van der Waals surface area contributed by atoms with Gasteiger partial charge in [0.1, 0.15) is 18.5 Å². The van der Waals surface area contributed by atoms with Crippen LogP contribution in [0.15, 0.2) is 59.6 Å². The molecule has 0 fully saturated rings. The van der Waals surface area contributed by atoms with Crippen molar-refractivity contribution in [2.24, 2.45) is 10.7 Å². The number of benzene rings is 2. The summed E-state index contributed by atoms with van der Waals surface area (Å²) in [4.78, 5) is 4.10. The summed E-state index contributed by atoms with van der Waals surface area (Å²) >= 11 is 2.22. The highest BCUT2D eigenvalue weighted by Crippen LogP contribution is 2.13. The van der Waals surface area contributed by atoms with E-state index in [4.69, 9.17) is 10.5 Å². The van der Waals surface area contributed by atoms with Gasteiger partial charge in [0.15, 0.2) is 5.96 Å². The summed E-state index contributed by atoms with van der Waals surface area (Å²) < 4.78 is 6.62. The van der Waals surface area contributed by atoms with Crippen molar-refractivity contribution < 1.29 is 9.84 Å². The van der Waals surface area contributed by atoms with Crippen LogP contribution in [0.4, 0.5) is 5.69 Å². The molecule has 4 N–H and O–H groups in total. The molecule has 1 atom stereocenters. The second-order valence-electron chi connectivity index (χ2n) is 4.64. The first kappa shape index (κ1) is 16.6. The first-order valence-corrected chi connectivity index (χ1v) is 7.90. The number of aliphatic imine (C=N–C) groups is 1. The molecular formula is C16H18IN3O2. The Morgan fingerprint density at radius 2 is 1.86 bits per heavy atom. The van der Waals surface area contributed by atoms with Crippen LogP contribution in [0.2, 0.25) is 0 Å². The predicted octanol–water partition coefficient (Wildman–Crippen LogP) is 2.46. The van der Waals surface area contributed by atoms with E-state index in [1.807, 2.05) is 54.6 Å². The molecule has 0 aliphatic heterocycles. The Bertz CT molecular complexity index is 603. The average molecular weight is 411 g/mol. The maximum Gasteiger partial charge on any atom is 0.193 e. The van der Waals surface area contributed by atoms with Crippen molar-refractivity contribution >= 4 is 34.2 Å². The second kappa shape index (κ2) is 8.60. The van der Waals surface area contributed by atoms with E-state index in [9.17, 15) is 5.11 Å². The van der Waals surface area contributed by atoms with Gasteiger partial charge in [-0.15, -0.1) is 0 Å². The van der Waals surface area contributed by atoms with Crippen molar-refractivity contribution in [3.63, 3.8) is 0 Å². The van der Waals surface area contributed by atoms with Crippen molar-refractivity contribution in [3.8, 4) is 5.75 Å². The van der Waals surface area contributed by atoms with Crippen LogP contribution in [-0.4, -0.2) is 30.3 Å². The smallest absolute Gasteiger partial charge is 0.193 e. The molecule has 0 bridgehead atoms. The molecule has 2 rings (SSSR count). The lowest BCUT2D eigenvalue weighted by molar-refractivity contribution is 0.114. The fourth-order valence-corrected chi connectivity index (χ4v) is 2.05. The number of aliphatic hydroxyl groups is 1. The molecule has 116 valence electrons. The molecule has 2 aromatic rings. The van der Waals surface area contributed by atoms with Gasteiger partial charge < -0.3 is 20.9 Å². The number of rotatable bonds is 6. The highest BCUT2D eigenvalue weighted by molar-refractivity contribution is 14.1. The van der Waals surface area contributed by atoms with Gasteiger partial charge in [0.2, 0.25) is 0 Å². The first-order chi connectivity index (χ1) is 10.6. The molecule has 0 aromatic heterocycles. The number of ether oxygens (including phenoxy) is 1. The molecule has 0 spiro atoms. The zero-order valence-electron chi connectivity index (χ0n) is 11.9. The third kappa shape index (κ3) is 5.90. The van der Waals surface area contributed by atoms with E-state index in [2.05, 4.69) is 32.9 Å². The van der Waals surface area contributed by atoms with Crippen LogP contribution in [0, 0.1) is 3.57 Å². The standard InChI is InChI=1S/C16H18IN3O2/c17-12-6-8-15(9-7-12)22-11-14(21)10-19-16(18)20-13-4-2-1-3-5-13/h1-9,14,21H,10-11H2,(H3,18,19,20). The molecule has 0 radical (unpaired) electrons. The largest absolute Gasteiger partial charge is 0.491 e. The lowest BCUT2D eigenvalue weighted by atomic mass is 10.3. The first-order valence-electron chi connectivity index (χ1n) is 6.82. The second-order valence-corrected chi connectivity index (χ2v) is 5.88. The van der Waals surface area contributed by atoms with E-state index in [1.165, 1.54) is 0 Å². The van der Waals surface area contributed by atoms with Gasteiger partial charge in [0.05, 0.1) is 6.54 Å². The lowest BCUT2D eigenvalue weighted by Gasteiger charge is -2.11. The average Bonchev–Trinajstić information content (AvgIpc) is 2.53. The van der Waals surface area contributed by atoms with Gasteiger partial charge in [-0.2, -0.15) is 0 Å². The minimum absolute atomic E-state index is 0.169. The molecular weight excluding hydrogens is 393 g/mol. The minimum Gasteiger partial charge on any atom is -0.491 e. The van der Waals surface area contributed by atoms with Gasteiger partial charge in [-0.25, -0.2) is 0 Å². The molecule has 2 aromatic carbocycles. The SMILES string of the molecule is NC(=NCC(O)COc1ccc(I)cc1)Nc1ccccc1. The van der Waals surface area contributed by atoms with Crippen LogP contribution >= 0.6 is 22.6 Å². The number of anilines is 1. The fourth-order valence-electron chi connectivity index (χ4n) is 1.69. The molecule has 1 unspecified atom stereocenters. The molecule has 22 heavy (non-hydrogen) atoms. The topological polar surface area (TPSA) is 79.9 Å². The lowest BCUT2D eigenvalue weighted by Crippen LogP contribution is -2.27. The van der Waals surface area contributed by atoms with Crippen LogP contribution in [0.3, 0.4) is 0 Å². The predicted molar refractivity (Wildman–Crippen MR) is 97.2 cm³/mol. The Balaban J connectivity index is 1.75. The Labute approximate surface area is 143 Å². The quantitative estimate of drug-likeness (QED) is 0.388.